The zero-order valence-corrected chi connectivity index (χ0v) is 57.3. The lowest BCUT2D eigenvalue weighted by Crippen LogP contribution is -2.21. The second kappa shape index (κ2) is 45.5. The van der Waals surface area contributed by atoms with Gasteiger partial charge in [0.15, 0.2) is 0 Å². The highest BCUT2D eigenvalue weighted by molar-refractivity contribution is 5.91. The van der Waals surface area contributed by atoms with E-state index < -0.39 is 24.1 Å². The molecule has 1 aliphatic carbocycles. The number of nitrogens with two attached hydrogens (primary N) is 4. The van der Waals surface area contributed by atoms with Crippen LogP contribution in [0.2, 0.25) is 0 Å². The molecular weight excluding hydrogens is 1150 g/mol. The van der Waals surface area contributed by atoms with Crippen LogP contribution in [0.4, 0.5) is 41.9 Å². The summed E-state index contributed by atoms with van der Waals surface area (Å²) in [4.78, 5) is 51.9. The summed E-state index contributed by atoms with van der Waals surface area (Å²) in [6.45, 7) is 10.7. The van der Waals surface area contributed by atoms with Crippen LogP contribution in [0.1, 0.15) is 303 Å². The second-order valence-corrected chi connectivity index (χ2v) is 25.9. The number of benzene rings is 4. The number of carbonyl (C=O) groups excluding carboxylic acids is 4. The number of fused-ring (bicyclic) bond motifs is 8. The van der Waals surface area contributed by atoms with Crippen molar-refractivity contribution in [2.75, 3.05) is 47.7 Å². The van der Waals surface area contributed by atoms with E-state index in [9.17, 15) is 19.2 Å². The van der Waals surface area contributed by atoms with Gasteiger partial charge in [0.05, 0.1) is 26.4 Å². The number of hydrogen-bond acceptors (Lipinski definition) is 8. The minimum Gasteiger partial charge on any atom is -0.493 e. The van der Waals surface area contributed by atoms with Crippen LogP contribution in [0.25, 0.3) is 0 Å². The summed E-state index contributed by atoms with van der Waals surface area (Å²) < 4.78 is 28.4. The van der Waals surface area contributed by atoms with Crippen LogP contribution in [-0.4, -0.2) is 50.6 Å². The molecule has 0 saturated heterocycles. The molecule has 0 radical (unpaired) electrons. The van der Waals surface area contributed by atoms with Gasteiger partial charge in [0.25, 0.3) is 0 Å². The highest BCUT2D eigenvalue weighted by Gasteiger charge is 2.26. The van der Waals surface area contributed by atoms with Crippen molar-refractivity contribution >= 4 is 46.9 Å². The first-order valence-corrected chi connectivity index (χ1v) is 36.2. The lowest BCUT2D eigenvalue weighted by atomic mass is 9.90. The molecule has 8 amide bonds. The number of carbonyl (C=O) groups is 4. The minimum atomic E-state index is -0.727. The van der Waals surface area contributed by atoms with Crippen molar-refractivity contribution in [1.29, 1.82) is 0 Å². The maximum absolute atomic E-state index is 13.0. The van der Waals surface area contributed by atoms with Crippen molar-refractivity contribution in [1.82, 2.24) is 0 Å². The number of urea groups is 4. The molecule has 4 aromatic rings. The van der Waals surface area contributed by atoms with E-state index in [0.29, 0.717) is 72.2 Å². The maximum Gasteiger partial charge on any atom is 0.316 e. The molecule has 1 aliphatic rings. The van der Waals surface area contributed by atoms with E-state index in [1.54, 1.807) is 0 Å². The summed E-state index contributed by atoms with van der Waals surface area (Å²) >= 11 is 0. The third-order valence-electron chi connectivity index (χ3n) is 17.5. The fourth-order valence-electron chi connectivity index (χ4n) is 12.8. The number of unbranched alkanes of at least 4 members (excludes halogenated alkanes) is 32. The summed E-state index contributed by atoms with van der Waals surface area (Å²) in [6, 6.07) is 12.3. The number of rotatable bonds is 48. The van der Waals surface area contributed by atoms with Gasteiger partial charge < -0.3 is 63.1 Å². The van der Waals surface area contributed by atoms with Gasteiger partial charge in [-0.25, -0.2) is 19.2 Å². The molecule has 8 bridgehead atoms. The molecule has 16 heteroatoms. The average Bonchev–Trinajstić information content (AvgIpc) is 0.786. The fourth-order valence-corrected chi connectivity index (χ4v) is 12.8. The Morgan fingerprint density at radius 1 is 0.261 bits per heavy atom. The third kappa shape index (κ3) is 29.8. The summed E-state index contributed by atoms with van der Waals surface area (Å²) in [5.74, 6) is 2.52. The Hall–Kier alpha value is -6.84. The third-order valence-corrected chi connectivity index (χ3v) is 17.5. The Morgan fingerprint density at radius 2 is 0.402 bits per heavy atom. The molecule has 0 aliphatic heterocycles. The Kier molecular flexibility index (Phi) is 37.5. The second-order valence-electron chi connectivity index (χ2n) is 25.9. The van der Waals surface area contributed by atoms with Gasteiger partial charge in [0.1, 0.15) is 23.0 Å². The minimum absolute atomic E-state index is 0.232. The predicted molar refractivity (Wildman–Crippen MR) is 381 cm³/mol. The molecule has 0 aromatic heterocycles. The van der Waals surface area contributed by atoms with Crippen molar-refractivity contribution in [3.63, 3.8) is 0 Å². The topological polar surface area (TPSA) is 257 Å². The highest BCUT2D eigenvalue weighted by Crippen LogP contribution is 2.43. The monoisotopic (exact) mass is 1270 g/mol. The van der Waals surface area contributed by atoms with E-state index in [-0.39, 0.29) is 25.7 Å². The Morgan fingerprint density at radius 3 is 0.543 bits per heavy atom. The first-order chi connectivity index (χ1) is 44.8. The number of amides is 8. The zero-order chi connectivity index (χ0) is 66.0. The number of ether oxygens (including phenoxy) is 4. The van der Waals surface area contributed by atoms with Crippen LogP contribution >= 0.6 is 0 Å². The van der Waals surface area contributed by atoms with Crippen LogP contribution in [-0.2, 0) is 25.7 Å². The lowest BCUT2D eigenvalue weighted by molar-refractivity contribution is 0.258. The van der Waals surface area contributed by atoms with Crippen molar-refractivity contribution < 1.29 is 38.1 Å². The molecule has 92 heavy (non-hydrogen) atoms. The fraction of sp³-hybridized carbons (Fsp3) is 0.632. The van der Waals surface area contributed by atoms with Crippen LogP contribution in [0.3, 0.4) is 0 Å². The van der Waals surface area contributed by atoms with Crippen molar-refractivity contribution in [2.45, 2.75) is 285 Å². The Balaban J connectivity index is 1.75. The number of primary amides is 4. The van der Waals surface area contributed by atoms with Crippen LogP contribution in [0, 0.1) is 0 Å². The number of hydrogen-bond donors (Lipinski definition) is 8. The molecule has 5 rings (SSSR count). The number of anilines is 4. The largest absolute Gasteiger partial charge is 0.493 e. The van der Waals surface area contributed by atoms with Crippen molar-refractivity contribution in [3.8, 4) is 23.0 Å². The van der Waals surface area contributed by atoms with Gasteiger partial charge in [-0.1, -0.05) is 233 Å². The Bertz CT molecular complexity index is 2340. The zero-order valence-electron chi connectivity index (χ0n) is 57.3. The van der Waals surface area contributed by atoms with Gasteiger partial charge in [-0.05, 0) is 74.2 Å². The molecule has 0 atom stereocenters. The van der Waals surface area contributed by atoms with Crippen LogP contribution in [0.15, 0.2) is 48.5 Å². The molecule has 0 fully saturated rings. The summed E-state index contributed by atoms with van der Waals surface area (Å²) in [6.07, 6.45) is 42.3. The van der Waals surface area contributed by atoms with Gasteiger partial charge in [-0.2, -0.15) is 0 Å². The van der Waals surface area contributed by atoms with Crippen LogP contribution in [0.5, 0.6) is 23.0 Å². The normalized spacial score (nSPS) is 11.9. The lowest BCUT2D eigenvalue weighted by Gasteiger charge is -2.25. The molecule has 0 saturated carbocycles. The first-order valence-electron chi connectivity index (χ1n) is 36.2. The molecule has 12 N–H and O–H groups in total. The van der Waals surface area contributed by atoms with Crippen molar-refractivity contribution in [3.05, 3.63) is 93.0 Å². The number of nitrogens with one attached hydrogen (secondary N) is 4. The molecule has 16 nitrogen and oxygen atoms in total. The smallest absolute Gasteiger partial charge is 0.316 e. The molecule has 0 spiro atoms. The van der Waals surface area contributed by atoms with Gasteiger partial charge in [-0.15, -0.1) is 0 Å². The molecule has 0 heterocycles. The predicted octanol–water partition coefficient (Wildman–Crippen LogP) is 20.0. The highest BCUT2D eigenvalue weighted by atomic mass is 16.5. The van der Waals surface area contributed by atoms with E-state index in [0.717, 1.165) is 122 Å². The van der Waals surface area contributed by atoms with E-state index >= 15 is 0 Å². The van der Waals surface area contributed by atoms with Gasteiger partial charge in [0, 0.05) is 92.9 Å². The maximum atomic E-state index is 13.0. The first kappa shape index (κ1) is 75.9. The SMILES string of the molecule is CCCCCCCCCCCOc1c2cc(NC(N)=O)cc1Cc1cc(NC(N)=O)cc(c1OCCCCCCCCCCC)Cc1cc(NC(N)=O)cc(c1OCCCCCCCCCCC)Cc1cc(NC(N)=O)cc(c1OCCCCCCCCCCC)C2. The van der Waals surface area contributed by atoms with Gasteiger partial charge in [-0.3, -0.25) is 0 Å². The van der Waals surface area contributed by atoms with Gasteiger partial charge >= 0.3 is 24.1 Å². The summed E-state index contributed by atoms with van der Waals surface area (Å²) in [5.41, 5.74) is 31.6. The average molecular weight is 1270 g/mol. The van der Waals surface area contributed by atoms with E-state index in [2.05, 4.69) is 49.0 Å². The summed E-state index contributed by atoms with van der Waals surface area (Å²) in [7, 11) is 0. The standard InChI is InChI=1S/C76H120N8O8/c1-5-9-13-17-21-25-29-33-37-41-89-69-57-45-59-51-66(82-74(78)86)53-61(70(59)90-42-38-34-30-26-22-18-14-10-6-2)47-63-55-68(84-76(80)88)56-64(72(63)92-44-40-36-32-28-24-20-16-12-8-4)48-62-54-67(83-75(79)87)52-60(46-58(69)50-65(49-57)81-73(77)85)71(62)91-43-39-35-31-27-23-19-15-11-7-3/h49-56H,5-48H2,1-4H3,(H3,77,81,85)(H3,78,82,86)(H3,79,83,87)(H3,80,84,88). The van der Waals surface area contributed by atoms with E-state index in [1.807, 2.05) is 48.5 Å². The quantitative estimate of drug-likeness (QED) is 0.0173. The van der Waals surface area contributed by atoms with Gasteiger partial charge in [0.2, 0.25) is 0 Å². The van der Waals surface area contributed by atoms with Crippen LogP contribution < -0.4 is 63.1 Å². The van der Waals surface area contributed by atoms with Crippen molar-refractivity contribution in [2.24, 2.45) is 22.9 Å². The molecule has 4 aromatic carbocycles. The van der Waals surface area contributed by atoms with E-state index in [1.165, 1.54) is 154 Å². The molecular formula is C76H120N8O8. The molecule has 0 unspecified atom stereocenters. The Labute approximate surface area is 553 Å². The molecule has 512 valence electrons. The van der Waals surface area contributed by atoms with E-state index in [4.69, 9.17) is 41.9 Å². The summed E-state index contributed by atoms with van der Waals surface area (Å²) in [5, 5.41) is 11.6.